The van der Waals surface area contributed by atoms with Crippen molar-refractivity contribution in [2.45, 2.75) is 52.2 Å². The second-order valence-electron chi connectivity index (χ2n) is 8.63. The van der Waals surface area contributed by atoms with Crippen molar-refractivity contribution in [1.82, 2.24) is 4.90 Å². The van der Waals surface area contributed by atoms with E-state index in [9.17, 15) is 14.0 Å². The first-order chi connectivity index (χ1) is 14.5. The largest absolute Gasteiger partial charge is 0.478 e. The Morgan fingerprint density at radius 3 is 2.39 bits per heavy atom. The number of halogens is 2. The lowest BCUT2D eigenvalue weighted by atomic mass is 10.0. The standard InChI is InChI=1S/C24H27ClFNO4/c1-15(23(29)31-24(2,3)4)30-21-10-8-17(25)14-19(21)16-7-9-18(20(26)13-16)22(28)27-11-5-6-12-27/h7-10,13-15H,5-6,11-12H2,1-4H3/t15-/m0/s1. The van der Waals surface area contributed by atoms with Crippen LogP contribution in [-0.2, 0) is 9.53 Å². The Morgan fingerprint density at radius 1 is 1.10 bits per heavy atom. The summed E-state index contributed by atoms with van der Waals surface area (Å²) in [7, 11) is 0. The van der Waals surface area contributed by atoms with Crippen molar-refractivity contribution in [2.75, 3.05) is 13.1 Å². The Labute approximate surface area is 187 Å². The van der Waals surface area contributed by atoms with Gasteiger partial charge in [0.25, 0.3) is 5.91 Å². The van der Waals surface area contributed by atoms with Crippen LogP contribution >= 0.6 is 11.6 Å². The van der Waals surface area contributed by atoms with Gasteiger partial charge in [-0.1, -0.05) is 17.7 Å². The topological polar surface area (TPSA) is 55.8 Å². The summed E-state index contributed by atoms with van der Waals surface area (Å²) in [5.41, 5.74) is 0.405. The zero-order chi connectivity index (χ0) is 22.8. The number of hydrogen-bond donors (Lipinski definition) is 0. The second-order valence-corrected chi connectivity index (χ2v) is 9.06. The number of nitrogens with zero attached hydrogens (tertiary/aromatic N) is 1. The van der Waals surface area contributed by atoms with Crippen molar-refractivity contribution < 1.29 is 23.5 Å². The average Bonchev–Trinajstić information content (AvgIpc) is 3.22. The van der Waals surface area contributed by atoms with Crippen LogP contribution in [0.2, 0.25) is 5.02 Å². The van der Waals surface area contributed by atoms with Crippen molar-refractivity contribution in [2.24, 2.45) is 0 Å². The summed E-state index contributed by atoms with van der Waals surface area (Å²) in [6, 6.07) is 9.31. The number of rotatable bonds is 5. The van der Waals surface area contributed by atoms with E-state index < -0.39 is 23.5 Å². The second kappa shape index (κ2) is 9.27. The van der Waals surface area contributed by atoms with Gasteiger partial charge in [-0.15, -0.1) is 0 Å². The van der Waals surface area contributed by atoms with Gasteiger partial charge in [-0.2, -0.15) is 0 Å². The van der Waals surface area contributed by atoms with Crippen LogP contribution in [-0.4, -0.2) is 41.6 Å². The van der Waals surface area contributed by atoms with E-state index in [1.165, 1.54) is 12.1 Å². The van der Waals surface area contributed by atoms with Crippen LogP contribution in [0.5, 0.6) is 5.75 Å². The van der Waals surface area contributed by atoms with Crippen molar-refractivity contribution in [3.63, 3.8) is 0 Å². The lowest BCUT2D eigenvalue weighted by molar-refractivity contribution is -0.162. The summed E-state index contributed by atoms with van der Waals surface area (Å²) in [4.78, 5) is 26.5. The normalized spacial score (nSPS) is 15.0. The van der Waals surface area contributed by atoms with E-state index in [1.807, 2.05) is 0 Å². The number of esters is 1. The molecule has 31 heavy (non-hydrogen) atoms. The summed E-state index contributed by atoms with van der Waals surface area (Å²) in [5, 5.41) is 0.435. The molecular weight excluding hydrogens is 421 g/mol. The molecule has 166 valence electrons. The monoisotopic (exact) mass is 447 g/mol. The molecule has 1 fully saturated rings. The minimum absolute atomic E-state index is 0.0391. The maximum atomic E-state index is 14.9. The first kappa shape index (κ1) is 23.1. The number of amides is 1. The molecule has 3 rings (SSSR count). The molecule has 1 saturated heterocycles. The lowest BCUT2D eigenvalue weighted by Gasteiger charge is -2.23. The molecule has 0 saturated carbocycles. The van der Waals surface area contributed by atoms with E-state index >= 15 is 0 Å². The molecule has 1 atom stereocenters. The van der Waals surface area contributed by atoms with Gasteiger partial charge in [-0.3, -0.25) is 4.79 Å². The molecule has 7 heteroatoms. The number of benzene rings is 2. The fourth-order valence-electron chi connectivity index (χ4n) is 3.40. The van der Waals surface area contributed by atoms with Crippen LogP contribution in [0.25, 0.3) is 11.1 Å². The molecule has 0 spiro atoms. The third-order valence-electron chi connectivity index (χ3n) is 4.89. The summed E-state index contributed by atoms with van der Waals surface area (Å²) < 4.78 is 26.0. The highest BCUT2D eigenvalue weighted by Gasteiger charge is 2.25. The van der Waals surface area contributed by atoms with Crippen molar-refractivity contribution in [3.05, 3.63) is 52.8 Å². The van der Waals surface area contributed by atoms with Crippen molar-refractivity contribution >= 4 is 23.5 Å². The van der Waals surface area contributed by atoms with Gasteiger partial charge in [0.15, 0.2) is 6.10 Å². The van der Waals surface area contributed by atoms with Gasteiger partial charge in [0.2, 0.25) is 0 Å². The van der Waals surface area contributed by atoms with E-state index in [-0.39, 0.29) is 11.5 Å². The van der Waals surface area contributed by atoms with Gasteiger partial charge in [0.1, 0.15) is 17.2 Å². The molecule has 0 aromatic heterocycles. The summed E-state index contributed by atoms with van der Waals surface area (Å²) in [6.07, 6.45) is 0.995. The Morgan fingerprint density at radius 2 is 1.77 bits per heavy atom. The maximum absolute atomic E-state index is 14.9. The van der Waals surface area contributed by atoms with Gasteiger partial charge in [-0.05, 0) is 76.4 Å². The van der Waals surface area contributed by atoms with E-state index in [4.69, 9.17) is 21.1 Å². The van der Waals surface area contributed by atoms with Gasteiger partial charge in [-0.25, -0.2) is 9.18 Å². The summed E-state index contributed by atoms with van der Waals surface area (Å²) >= 11 is 6.16. The van der Waals surface area contributed by atoms with E-state index in [1.54, 1.807) is 56.9 Å². The fourth-order valence-corrected chi connectivity index (χ4v) is 3.57. The fraction of sp³-hybridized carbons (Fsp3) is 0.417. The lowest BCUT2D eigenvalue weighted by Crippen LogP contribution is -2.33. The Kier molecular flexibility index (Phi) is 6.90. The smallest absolute Gasteiger partial charge is 0.347 e. The van der Waals surface area contributed by atoms with E-state index in [0.29, 0.717) is 35.0 Å². The molecule has 1 aliphatic rings. The van der Waals surface area contributed by atoms with Crippen LogP contribution in [0, 0.1) is 5.82 Å². The first-order valence-electron chi connectivity index (χ1n) is 10.3. The molecule has 1 amide bonds. The van der Waals surface area contributed by atoms with Crippen LogP contribution in [0.3, 0.4) is 0 Å². The predicted molar refractivity (Wildman–Crippen MR) is 118 cm³/mol. The number of carbonyl (C=O) groups excluding carboxylic acids is 2. The predicted octanol–water partition coefficient (Wildman–Crippen LogP) is 5.49. The minimum atomic E-state index is -0.875. The van der Waals surface area contributed by atoms with Crippen molar-refractivity contribution in [1.29, 1.82) is 0 Å². The highest BCUT2D eigenvalue weighted by Crippen LogP contribution is 2.34. The van der Waals surface area contributed by atoms with Gasteiger partial charge < -0.3 is 14.4 Å². The number of hydrogen-bond acceptors (Lipinski definition) is 4. The summed E-state index contributed by atoms with van der Waals surface area (Å²) in [6.45, 7) is 8.21. The third-order valence-corrected chi connectivity index (χ3v) is 5.12. The number of likely N-dealkylation sites (tertiary alicyclic amines) is 1. The molecule has 0 radical (unpaired) electrons. The van der Waals surface area contributed by atoms with Gasteiger partial charge in [0, 0.05) is 23.7 Å². The Bertz CT molecular complexity index is 980. The van der Waals surface area contributed by atoms with E-state index in [2.05, 4.69) is 0 Å². The number of carbonyl (C=O) groups is 2. The quantitative estimate of drug-likeness (QED) is 0.568. The van der Waals surface area contributed by atoms with Crippen LogP contribution < -0.4 is 4.74 Å². The van der Waals surface area contributed by atoms with Crippen molar-refractivity contribution in [3.8, 4) is 16.9 Å². The molecule has 0 N–H and O–H groups in total. The molecule has 0 bridgehead atoms. The molecular formula is C24H27ClFNO4. The minimum Gasteiger partial charge on any atom is -0.478 e. The van der Waals surface area contributed by atoms with E-state index in [0.717, 1.165) is 12.8 Å². The molecule has 2 aromatic carbocycles. The molecule has 0 aliphatic carbocycles. The molecule has 1 aliphatic heterocycles. The first-order valence-corrected chi connectivity index (χ1v) is 10.7. The van der Waals surface area contributed by atoms with Crippen LogP contribution in [0.15, 0.2) is 36.4 Å². The zero-order valence-electron chi connectivity index (χ0n) is 18.2. The highest BCUT2D eigenvalue weighted by atomic mass is 35.5. The summed E-state index contributed by atoms with van der Waals surface area (Å²) in [5.74, 6) is -1.06. The zero-order valence-corrected chi connectivity index (χ0v) is 19.0. The van der Waals surface area contributed by atoms with Crippen LogP contribution in [0.1, 0.15) is 50.9 Å². The molecule has 0 unspecified atom stereocenters. The Balaban J connectivity index is 1.87. The van der Waals surface area contributed by atoms with Crippen LogP contribution in [0.4, 0.5) is 4.39 Å². The molecule has 2 aromatic rings. The number of ether oxygens (including phenoxy) is 2. The molecule has 1 heterocycles. The third kappa shape index (κ3) is 5.76. The molecule has 5 nitrogen and oxygen atoms in total. The SMILES string of the molecule is C[C@H](Oc1ccc(Cl)cc1-c1ccc(C(=O)N2CCCC2)c(F)c1)C(=O)OC(C)(C)C. The maximum Gasteiger partial charge on any atom is 0.347 e. The highest BCUT2D eigenvalue weighted by molar-refractivity contribution is 6.31. The van der Waals surface area contributed by atoms with Gasteiger partial charge >= 0.3 is 5.97 Å². The Hall–Kier alpha value is -2.60. The van der Waals surface area contributed by atoms with Gasteiger partial charge in [0.05, 0.1) is 5.56 Å². The average molecular weight is 448 g/mol.